The average molecular weight is 283 g/mol. The van der Waals surface area contributed by atoms with Gasteiger partial charge in [0.25, 0.3) is 0 Å². The summed E-state index contributed by atoms with van der Waals surface area (Å²) in [4.78, 5) is 20.1. The van der Waals surface area contributed by atoms with Gasteiger partial charge in [0, 0.05) is 18.1 Å². The molecular weight excluding hydrogens is 262 g/mol. The molecule has 1 heterocycles. The Balaban J connectivity index is 2.37. The molecule has 0 fully saturated rings. The van der Waals surface area contributed by atoms with Gasteiger partial charge in [-0.3, -0.25) is 4.79 Å². The molecule has 19 heavy (non-hydrogen) atoms. The number of aromatic nitrogens is 2. The second-order valence-corrected chi connectivity index (χ2v) is 5.63. The number of hydrogen-bond donors (Lipinski definition) is 1. The first kappa shape index (κ1) is 15.9. The van der Waals surface area contributed by atoms with E-state index in [0.717, 1.165) is 29.3 Å². The Morgan fingerprint density at radius 1 is 1.47 bits per heavy atom. The SMILES string of the molecule is CNC(C)(CCCSc1ncc(C)cn1)C(=O)OC. The molecule has 1 N–H and O–H groups in total. The summed E-state index contributed by atoms with van der Waals surface area (Å²) in [6.45, 7) is 3.81. The number of methoxy groups -OCH3 is 1. The minimum atomic E-state index is -0.622. The first-order chi connectivity index (χ1) is 9.01. The van der Waals surface area contributed by atoms with E-state index in [9.17, 15) is 4.79 Å². The first-order valence-corrected chi connectivity index (χ1v) is 7.19. The van der Waals surface area contributed by atoms with Crippen molar-refractivity contribution in [2.24, 2.45) is 0 Å². The van der Waals surface area contributed by atoms with Crippen LogP contribution in [0.2, 0.25) is 0 Å². The lowest BCUT2D eigenvalue weighted by Gasteiger charge is -2.25. The molecule has 1 unspecified atom stereocenters. The normalized spacial score (nSPS) is 13.9. The molecule has 6 heteroatoms. The van der Waals surface area contributed by atoms with Crippen LogP contribution in [0.25, 0.3) is 0 Å². The van der Waals surface area contributed by atoms with Crippen molar-refractivity contribution in [2.45, 2.75) is 37.4 Å². The van der Waals surface area contributed by atoms with Crippen LogP contribution >= 0.6 is 11.8 Å². The summed E-state index contributed by atoms with van der Waals surface area (Å²) >= 11 is 1.60. The molecule has 0 amide bonds. The van der Waals surface area contributed by atoms with Gasteiger partial charge < -0.3 is 10.1 Å². The fraction of sp³-hybridized carbons (Fsp3) is 0.615. The molecule has 0 saturated carbocycles. The number of nitrogens with one attached hydrogen (secondary N) is 1. The number of carbonyl (C=O) groups excluding carboxylic acids is 1. The van der Waals surface area contributed by atoms with Crippen LogP contribution in [0.3, 0.4) is 0 Å². The molecule has 0 aliphatic heterocycles. The van der Waals surface area contributed by atoms with E-state index in [-0.39, 0.29) is 5.97 Å². The van der Waals surface area contributed by atoms with E-state index in [0.29, 0.717) is 0 Å². The molecule has 5 nitrogen and oxygen atoms in total. The van der Waals surface area contributed by atoms with Crippen molar-refractivity contribution in [3.05, 3.63) is 18.0 Å². The quantitative estimate of drug-likeness (QED) is 0.356. The highest BCUT2D eigenvalue weighted by Crippen LogP contribution is 2.19. The zero-order chi connectivity index (χ0) is 14.3. The number of esters is 1. The summed E-state index contributed by atoms with van der Waals surface area (Å²) < 4.78 is 4.80. The van der Waals surface area contributed by atoms with E-state index in [1.54, 1.807) is 18.8 Å². The third-order valence-electron chi connectivity index (χ3n) is 3.00. The molecule has 1 rings (SSSR count). The number of aryl methyl sites for hydroxylation is 1. The molecule has 1 aromatic rings. The van der Waals surface area contributed by atoms with Crippen molar-refractivity contribution in [1.29, 1.82) is 0 Å². The molecular formula is C13H21N3O2S. The van der Waals surface area contributed by atoms with Gasteiger partial charge in [0.1, 0.15) is 5.54 Å². The standard InChI is InChI=1S/C13H21N3O2S/c1-10-8-15-12(16-9-10)19-7-5-6-13(2,14-3)11(17)18-4/h8-9,14H,5-7H2,1-4H3. The monoisotopic (exact) mass is 283 g/mol. The lowest BCUT2D eigenvalue weighted by Crippen LogP contribution is -2.48. The predicted octanol–water partition coefficient (Wildman–Crippen LogP) is 1.81. The smallest absolute Gasteiger partial charge is 0.325 e. The highest BCUT2D eigenvalue weighted by atomic mass is 32.2. The zero-order valence-electron chi connectivity index (χ0n) is 11.9. The van der Waals surface area contributed by atoms with Crippen LogP contribution in [0.5, 0.6) is 0 Å². The number of thioether (sulfide) groups is 1. The number of hydrogen-bond acceptors (Lipinski definition) is 6. The number of likely N-dealkylation sites (N-methyl/N-ethyl adjacent to an activating group) is 1. The highest BCUT2D eigenvalue weighted by molar-refractivity contribution is 7.99. The summed E-state index contributed by atoms with van der Waals surface area (Å²) in [6, 6.07) is 0. The van der Waals surface area contributed by atoms with E-state index in [4.69, 9.17) is 4.74 Å². The lowest BCUT2D eigenvalue weighted by atomic mass is 9.97. The van der Waals surface area contributed by atoms with Crippen molar-refractivity contribution < 1.29 is 9.53 Å². The molecule has 0 aliphatic carbocycles. The maximum atomic E-state index is 11.7. The molecule has 0 aliphatic rings. The Hall–Kier alpha value is -1.14. The fourth-order valence-electron chi connectivity index (χ4n) is 1.60. The molecule has 0 radical (unpaired) electrons. The maximum absolute atomic E-state index is 11.7. The summed E-state index contributed by atoms with van der Waals surface area (Å²) in [5, 5.41) is 3.79. The van der Waals surface area contributed by atoms with Crippen molar-refractivity contribution >= 4 is 17.7 Å². The van der Waals surface area contributed by atoms with Crippen LogP contribution < -0.4 is 5.32 Å². The number of carbonyl (C=O) groups is 1. The van der Waals surface area contributed by atoms with Crippen LogP contribution in [0.15, 0.2) is 17.6 Å². The van der Waals surface area contributed by atoms with Gasteiger partial charge >= 0.3 is 5.97 Å². The van der Waals surface area contributed by atoms with Crippen molar-refractivity contribution in [3.63, 3.8) is 0 Å². The van der Waals surface area contributed by atoms with E-state index in [1.807, 2.05) is 26.2 Å². The third-order valence-corrected chi connectivity index (χ3v) is 3.96. The summed E-state index contributed by atoms with van der Waals surface area (Å²) in [7, 11) is 3.18. The van der Waals surface area contributed by atoms with Crippen LogP contribution in [-0.4, -0.2) is 41.4 Å². The van der Waals surface area contributed by atoms with Gasteiger partial charge in [-0.05, 0) is 39.3 Å². The van der Waals surface area contributed by atoms with Crippen LogP contribution in [-0.2, 0) is 9.53 Å². The van der Waals surface area contributed by atoms with Crippen LogP contribution in [0.4, 0.5) is 0 Å². The van der Waals surface area contributed by atoms with E-state index in [2.05, 4.69) is 15.3 Å². The Kier molecular flexibility index (Phi) is 6.24. The minimum Gasteiger partial charge on any atom is -0.468 e. The topological polar surface area (TPSA) is 64.1 Å². The highest BCUT2D eigenvalue weighted by Gasteiger charge is 2.31. The average Bonchev–Trinajstić information content (AvgIpc) is 2.44. The fourth-order valence-corrected chi connectivity index (χ4v) is 2.32. The second kappa shape index (κ2) is 7.45. The van der Waals surface area contributed by atoms with Gasteiger partial charge in [0.15, 0.2) is 5.16 Å². The molecule has 1 atom stereocenters. The van der Waals surface area contributed by atoms with Gasteiger partial charge in [-0.15, -0.1) is 0 Å². The Bertz CT molecular complexity index is 411. The molecule has 0 saturated heterocycles. The maximum Gasteiger partial charge on any atom is 0.325 e. The minimum absolute atomic E-state index is 0.230. The van der Waals surface area contributed by atoms with Crippen LogP contribution in [0, 0.1) is 6.92 Å². The molecule has 0 spiro atoms. The van der Waals surface area contributed by atoms with Gasteiger partial charge in [0.2, 0.25) is 0 Å². The lowest BCUT2D eigenvalue weighted by molar-refractivity contribution is -0.148. The predicted molar refractivity (Wildman–Crippen MR) is 76.2 cm³/mol. The number of nitrogens with zero attached hydrogens (tertiary/aromatic N) is 2. The van der Waals surface area contributed by atoms with Gasteiger partial charge in [-0.2, -0.15) is 0 Å². The largest absolute Gasteiger partial charge is 0.468 e. The van der Waals surface area contributed by atoms with Crippen molar-refractivity contribution in [3.8, 4) is 0 Å². The summed E-state index contributed by atoms with van der Waals surface area (Å²) in [6.07, 6.45) is 5.21. The van der Waals surface area contributed by atoms with E-state index in [1.165, 1.54) is 7.11 Å². The molecule has 1 aromatic heterocycles. The van der Waals surface area contributed by atoms with Gasteiger partial charge in [0.05, 0.1) is 7.11 Å². The van der Waals surface area contributed by atoms with Crippen LogP contribution in [0.1, 0.15) is 25.3 Å². The van der Waals surface area contributed by atoms with E-state index < -0.39 is 5.54 Å². The first-order valence-electron chi connectivity index (χ1n) is 6.20. The Morgan fingerprint density at radius 3 is 2.63 bits per heavy atom. The Morgan fingerprint density at radius 2 is 2.11 bits per heavy atom. The second-order valence-electron chi connectivity index (χ2n) is 4.57. The Labute approximate surface area is 118 Å². The summed E-state index contributed by atoms with van der Waals surface area (Å²) in [5.74, 6) is 0.642. The van der Waals surface area contributed by atoms with Crippen molar-refractivity contribution in [1.82, 2.24) is 15.3 Å². The molecule has 0 bridgehead atoms. The third kappa shape index (κ3) is 4.80. The van der Waals surface area contributed by atoms with Crippen molar-refractivity contribution in [2.75, 3.05) is 19.9 Å². The number of ether oxygens (including phenoxy) is 1. The zero-order valence-corrected chi connectivity index (χ0v) is 12.7. The number of rotatable bonds is 7. The molecule has 106 valence electrons. The van der Waals surface area contributed by atoms with Gasteiger partial charge in [-0.1, -0.05) is 11.8 Å². The van der Waals surface area contributed by atoms with E-state index >= 15 is 0 Å². The molecule has 0 aromatic carbocycles. The van der Waals surface area contributed by atoms with Gasteiger partial charge in [-0.25, -0.2) is 9.97 Å². The summed E-state index contributed by atoms with van der Waals surface area (Å²) in [5.41, 5.74) is 0.432.